The molecule has 0 saturated carbocycles. The van der Waals surface area contributed by atoms with Gasteiger partial charge in [0.2, 0.25) is 0 Å². The van der Waals surface area contributed by atoms with Crippen molar-refractivity contribution in [2.75, 3.05) is 7.11 Å². The molecule has 1 aliphatic heterocycles. The summed E-state index contributed by atoms with van der Waals surface area (Å²) in [5.74, 6) is 7.35. The number of aromatic nitrogens is 1. The maximum Gasteiger partial charge on any atom is 0.120 e. The van der Waals surface area contributed by atoms with E-state index in [1.807, 2.05) is 24.3 Å². The van der Waals surface area contributed by atoms with E-state index in [0.29, 0.717) is 0 Å². The number of hydrogen-bond acceptors (Lipinski definition) is 1. The maximum absolute atomic E-state index is 5.24. The molecule has 4 rings (SSSR count). The van der Waals surface area contributed by atoms with Gasteiger partial charge < -0.3 is 9.30 Å². The number of methoxy groups -OCH3 is 1. The van der Waals surface area contributed by atoms with E-state index >= 15 is 0 Å². The summed E-state index contributed by atoms with van der Waals surface area (Å²) in [5, 5.41) is 0. The monoisotopic (exact) mass is 285 g/mol. The van der Waals surface area contributed by atoms with Gasteiger partial charge in [0.25, 0.3) is 0 Å². The topological polar surface area (TPSA) is 14.2 Å². The lowest BCUT2D eigenvalue weighted by molar-refractivity contribution is 0.414. The van der Waals surface area contributed by atoms with Crippen molar-refractivity contribution in [1.29, 1.82) is 0 Å². The Labute approximate surface area is 130 Å². The lowest BCUT2D eigenvalue weighted by atomic mass is 10.1. The van der Waals surface area contributed by atoms with Crippen LogP contribution in [0.1, 0.15) is 16.8 Å². The zero-order chi connectivity index (χ0) is 14.9. The van der Waals surface area contributed by atoms with E-state index in [2.05, 4.69) is 52.8 Å². The van der Waals surface area contributed by atoms with Crippen molar-refractivity contribution in [3.63, 3.8) is 0 Å². The van der Waals surface area contributed by atoms with Gasteiger partial charge in [0.1, 0.15) is 5.75 Å². The van der Waals surface area contributed by atoms with Crippen molar-refractivity contribution in [1.82, 2.24) is 4.57 Å². The van der Waals surface area contributed by atoms with Gasteiger partial charge in [-0.1, -0.05) is 36.3 Å². The number of ether oxygens (including phenoxy) is 1. The van der Waals surface area contributed by atoms with Gasteiger partial charge in [0.15, 0.2) is 0 Å². The minimum absolute atomic E-state index is 0.833. The third kappa shape index (κ3) is 2.08. The van der Waals surface area contributed by atoms with Gasteiger partial charge in [0, 0.05) is 23.4 Å². The molecule has 1 aliphatic rings. The highest BCUT2D eigenvalue weighted by atomic mass is 16.5. The van der Waals surface area contributed by atoms with E-state index in [-0.39, 0.29) is 0 Å². The van der Waals surface area contributed by atoms with Gasteiger partial charge in [-0.05, 0) is 41.8 Å². The van der Waals surface area contributed by atoms with E-state index in [9.17, 15) is 0 Å². The number of benzene rings is 2. The van der Waals surface area contributed by atoms with E-state index in [0.717, 1.165) is 23.6 Å². The molecule has 0 amide bonds. The zero-order valence-corrected chi connectivity index (χ0v) is 12.3. The Balaban J connectivity index is 1.70. The Morgan fingerprint density at radius 2 is 1.86 bits per heavy atom. The molecule has 0 unspecified atom stereocenters. The summed E-state index contributed by atoms with van der Waals surface area (Å²) >= 11 is 0. The van der Waals surface area contributed by atoms with Gasteiger partial charge in [-0.25, -0.2) is 0 Å². The van der Waals surface area contributed by atoms with Crippen LogP contribution in [0.3, 0.4) is 0 Å². The van der Waals surface area contributed by atoms with Crippen LogP contribution in [0.15, 0.2) is 60.7 Å². The maximum atomic E-state index is 5.24. The number of hydrogen-bond donors (Lipinski definition) is 0. The summed E-state index contributed by atoms with van der Waals surface area (Å²) in [7, 11) is 1.67. The normalized spacial score (nSPS) is 11.3. The first-order valence-corrected chi connectivity index (χ1v) is 7.29. The fraction of sp³-hybridized carbons (Fsp3) is 0.100. The Morgan fingerprint density at radius 1 is 0.955 bits per heavy atom. The smallest absolute Gasteiger partial charge is 0.120 e. The molecule has 0 atom stereocenters. The average molecular weight is 285 g/mol. The van der Waals surface area contributed by atoms with Crippen LogP contribution in [0.2, 0.25) is 0 Å². The van der Waals surface area contributed by atoms with E-state index in [1.54, 1.807) is 7.11 Å². The van der Waals surface area contributed by atoms with E-state index in [1.165, 1.54) is 16.8 Å². The van der Waals surface area contributed by atoms with Crippen LogP contribution >= 0.6 is 0 Å². The minimum Gasteiger partial charge on any atom is -0.497 e. The summed E-state index contributed by atoms with van der Waals surface area (Å²) in [4.78, 5) is 0. The molecular weight excluding hydrogens is 270 g/mol. The van der Waals surface area contributed by atoms with Crippen molar-refractivity contribution < 1.29 is 4.74 Å². The molecule has 0 N–H and O–H groups in total. The highest BCUT2D eigenvalue weighted by Gasteiger charge is 2.18. The largest absolute Gasteiger partial charge is 0.497 e. The summed E-state index contributed by atoms with van der Waals surface area (Å²) in [6.45, 7) is 0.903. The van der Waals surface area contributed by atoms with E-state index in [4.69, 9.17) is 4.74 Å². The number of nitrogens with zero attached hydrogens (tertiary/aromatic N) is 1. The van der Waals surface area contributed by atoms with Crippen LogP contribution in [0.5, 0.6) is 5.75 Å². The summed E-state index contributed by atoms with van der Waals surface area (Å²) in [6.07, 6.45) is 0. The molecule has 0 aliphatic carbocycles. The van der Waals surface area contributed by atoms with Gasteiger partial charge in [0.05, 0.1) is 12.8 Å². The van der Waals surface area contributed by atoms with Crippen LogP contribution in [-0.4, -0.2) is 11.7 Å². The van der Waals surface area contributed by atoms with Crippen LogP contribution in [0.4, 0.5) is 0 Å². The molecule has 3 aromatic rings. The summed E-state index contributed by atoms with van der Waals surface area (Å²) in [6, 6.07) is 20.6. The molecule has 1 aromatic heterocycles. The highest BCUT2D eigenvalue weighted by Crippen LogP contribution is 2.33. The second-order valence-electron chi connectivity index (χ2n) is 5.33. The molecule has 2 aromatic carbocycles. The third-order valence-corrected chi connectivity index (χ3v) is 4.01. The molecule has 2 heterocycles. The molecule has 22 heavy (non-hydrogen) atoms. The Morgan fingerprint density at radius 3 is 2.77 bits per heavy atom. The van der Waals surface area contributed by atoms with Gasteiger partial charge >= 0.3 is 0 Å². The van der Waals surface area contributed by atoms with Crippen LogP contribution in [0.25, 0.3) is 11.3 Å². The number of fused-ring (bicyclic) bond motifs is 3. The van der Waals surface area contributed by atoms with Gasteiger partial charge in [-0.3, -0.25) is 0 Å². The fourth-order valence-corrected chi connectivity index (χ4v) is 2.90. The van der Waals surface area contributed by atoms with Gasteiger partial charge in [-0.15, -0.1) is 0 Å². The lowest BCUT2D eigenvalue weighted by Crippen LogP contribution is -1.95. The molecule has 0 saturated heterocycles. The van der Waals surface area contributed by atoms with Crippen LogP contribution < -0.4 is 4.74 Å². The second-order valence-corrected chi connectivity index (χ2v) is 5.33. The predicted molar refractivity (Wildman–Crippen MR) is 87.9 cm³/mol. The molecular formula is C20H15NO. The first-order chi connectivity index (χ1) is 10.8. The fourth-order valence-electron chi connectivity index (χ4n) is 2.90. The van der Waals surface area contributed by atoms with Crippen molar-refractivity contribution in [3.05, 3.63) is 77.5 Å². The average Bonchev–Trinajstić information content (AvgIpc) is 3.12. The third-order valence-electron chi connectivity index (χ3n) is 4.01. The highest BCUT2D eigenvalue weighted by molar-refractivity contribution is 5.70. The van der Waals surface area contributed by atoms with Crippen molar-refractivity contribution in [2.24, 2.45) is 0 Å². The van der Waals surface area contributed by atoms with Gasteiger partial charge in [-0.2, -0.15) is 0 Å². The molecule has 0 spiro atoms. The second kappa shape index (κ2) is 5.13. The molecule has 2 nitrogen and oxygen atoms in total. The van der Waals surface area contributed by atoms with Crippen LogP contribution in [-0.2, 0) is 6.54 Å². The molecule has 0 radical (unpaired) electrons. The zero-order valence-electron chi connectivity index (χ0n) is 12.3. The number of rotatable bonds is 1. The van der Waals surface area contributed by atoms with Crippen molar-refractivity contribution in [2.45, 2.75) is 6.54 Å². The SMILES string of the molecule is COc1cccc(C#Cc2ccc3n2Cc2ccccc2-3)c1. The Kier molecular flexibility index (Phi) is 2.98. The van der Waals surface area contributed by atoms with E-state index < -0.39 is 0 Å². The Hall–Kier alpha value is -2.92. The Bertz CT molecular complexity index is 909. The molecule has 106 valence electrons. The summed E-state index contributed by atoms with van der Waals surface area (Å²) < 4.78 is 7.51. The molecule has 2 heteroatoms. The predicted octanol–water partition coefficient (Wildman–Crippen LogP) is 3.93. The summed E-state index contributed by atoms with van der Waals surface area (Å²) in [5.41, 5.74) is 5.95. The van der Waals surface area contributed by atoms with Crippen LogP contribution in [0, 0.1) is 11.8 Å². The first-order valence-electron chi connectivity index (χ1n) is 7.29. The first kappa shape index (κ1) is 12.8. The lowest BCUT2D eigenvalue weighted by Gasteiger charge is -2.00. The minimum atomic E-state index is 0.833. The molecule has 0 fully saturated rings. The van der Waals surface area contributed by atoms with Crippen molar-refractivity contribution in [3.8, 4) is 28.8 Å². The standard InChI is InChI=1S/C20H15NO/c1-22-18-7-4-5-15(13-18)9-10-17-11-12-20-19-8-3-2-6-16(19)14-21(17)20/h2-8,11-13H,14H2,1H3. The molecule has 0 bridgehead atoms. The quantitative estimate of drug-likeness (QED) is 0.483. The van der Waals surface area contributed by atoms with Crippen molar-refractivity contribution >= 4 is 0 Å².